The largest absolute Gasteiger partial charge is 0.308 e. The van der Waals surface area contributed by atoms with E-state index in [1.807, 2.05) is 49.5 Å². The summed E-state index contributed by atoms with van der Waals surface area (Å²) in [6.07, 6.45) is 8.00. The molecule has 7 aromatic rings. The zero-order chi connectivity index (χ0) is 28.2. The molecule has 1 aromatic heterocycles. The van der Waals surface area contributed by atoms with Gasteiger partial charge in [0.1, 0.15) is 0 Å². The Balaban J connectivity index is 0.000000458. The monoisotopic (exact) mass is 611 g/mol. The number of nitrogens with zero attached hydrogens (tertiary/aromatic N) is 1. The van der Waals surface area contributed by atoms with Gasteiger partial charge < -0.3 is 4.90 Å². The Morgan fingerprint density at radius 3 is 2.00 bits per heavy atom. The van der Waals surface area contributed by atoms with E-state index in [9.17, 15) is 0 Å². The van der Waals surface area contributed by atoms with Gasteiger partial charge in [-0.05, 0) is 66.4 Å². The number of thiophene rings is 1. The summed E-state index contributed by atoms with van der Waals surface area (Å²) in [6, 6.07) is 43.8. The van der Waals surface area contributed by atoms with E-state index in [0.29, 0.717) is 0 Å². The normalized spacial score (nSPS) is 11.6. The van der Waals surface area contributed by atoms with Gasteiger partial charge in [0.15, 0.2) is 0 Å². The summed E-state index contributed by atoms with van der Waals surface area (Å²) < 4.78 is 3.67. The molecule has 0 fully saturated rings. The molecule has 0 saturated carbocycles. The lowest BCUT2D eigenvalue weighted by molar-refractivity contribution is 1.32. The maximum absolute atomic E-state index is 3.83. The summed E-state index contributed by atoms with van der Waals surface area (Å²) >= 11 is 5.70. The van der Waals surface area contributed by atoms with Gasteiger partial charge in [0, 0.05) is 31.0 Å². The summed E-state index contributed by atoms with van der Waals surface area (Å²) in [5.41, 5.74) is 3.51. The van der Waals surface area contributed by atoms with Crippen molar-refractivity contribution in [2.45, 2.75) is 13.8 Å². The van der Waals surface area contributed by atoms with Crippen LogP contribution in [0, 0.1) is 0 Å². The molecule has 200 valence electrons. The Labute approximate surface area is 253 Å². The van der Waals surface area contributed by atoms with Gasteiger partial charge in [0.05, 0.1) is 16.1 Å². The van der Waals surface area contributed by atoms with Gasteiger partial charge in [-0.15, -0.1) is 11.3 Å². The Bertz CT molecular complexity index is 2030. The number of rotatable bonds is 4. The third kappa shape index (κ3) is 5.44. The number of hydrogen-bond acceptors (Lipinski definition) is 2. The lowest BCUT2D eigenvalue weighted by Gasteiger charge is -2.28. The number of allylic oxidation sites excluding steroid dienone is 4. The second-order valence-corrected chi connectivity index (χ2v) is 11.8. The number of benzene rings is 6. The van der Waals surface area contributed by atoms with E-state index in [0.717, 1.165) is 10.2 Å². The van der Waals surface area contributed by atoms with Gasteiger partial charge in [-0.25, -0.2) is 0 Å². The maximum atomic E-state index is 3.83. The minimum Gasteiger partial charge on any atom is -0.308 e. The average Bonchev–Trinajstić information content (AvgIpc) is 3.39. The molecule has 0 aliphatic carbocycles. The highest BCUT2D eigenvalue weighted by Crippen LogP contribution is 2.47. The second kappa shape index (κ2) is 12.1. The Kier molecular flexibility index (Phi) is 8.00. The number of hydrogen-bond donors (Lipinski definition) is 0. The molecule has 7 rings (SSSR count). The Morgan fingerprint density at radius 2 is 1.22 bits per heavy atom. The van der Waals surface area contributed by atoms with Crippen LogP contribution in [-0.4, -0.2) is 0 Å². The molecule has 1 nitrogen and oxygen atoms in total. The number of fused-ring (bicyclic) bond motifs is 5. The van der Waals surface area contributed by atoms with Crippen molar-refractivity contribution < 1.29 is 0 Å². The Hall–Kier alpha value is -4.18. The standard InChI is InChI=1S/C32H20BrNS.C6H10/c33-24-19-28-27-13-5-6-15-31(27)35-32(28)30(20-24)34(25-17-16-21-8-1-2-10-23(21)18-25)29-14-7-11-22-9-3-4-12-26(22)29;1-3-5-6-4-2/h1-20H;3-6H,1-2H3/b;5-3-,6-4-. The molecule has 1 heterocycles. The second-order valence-electron chi connectivity index (χ2n) is 9.82. The third-order valence-corrected chi connectivity index (χ3v) is 8.83. The van der Waals surface area contributed by atoms with Crippen LogP contribution in [0.4, 0.5) is 17.1 Å². The fourth-order valence-electron chi connectivity index (χ4n) is 5.29. The molecule has 0 radical (unpaired) electrons. The van der Waals surface area contributed by atoms with Gasteiger partial charge in [0.2, 0.25) is 0 Å². The first kappa shape index (κ1) is 27.0. The molecule has 0 spiro atoms. The fraction of sp³-hybridized carbons (Fsp3) is 0.0526. The highest BCUT2D eigenvalue weighted by molar-refractivity contribution is 9.10. The van der Waals surface area contributed by atoms with Gasteiger partial charge in [-0.2, -0.15) is 0 Å². The molecular formula is C38H30BrNS. The molecule has 0 saturated heterocycles. The number of anilines is 3. The van der Waals surface area contributed by atoms with Gasteiger partial charge in [0.25, 0.3) is 0 Å². The lowest BCUT2D eigenvalue weighted by atomic mass is 10.0. The van der Waals surface area contributed by atoms with Crippen LogP contribution in [-0.2, 0) is 0 Å². The summed E-state index contributed by atoms with van der Waals surface area (Å²) in [6.45, 7) is 4.00. The minimum absolute atomic E-state index is 1.08. The van der Waals surface area contributed by atoms with Gasteiger partial charge in [-0.1, -0.05) is 125 Å². The molecule has 0 aliphatic heterocycles. The van der Waals surface area contributed by atoms with Crippen molar-refractivity contribution in [1.82, 2.24) is 0 Å². The van der Waals surface area contributed by atoms with Crippen molar-refractivity contribution in [3.05, 3.63) is 150 Å². The van der Waals surface area contributed by atoms with E-state index in [2.05, 4.69) is 142 Å². The van der Waals surface area contributed by atoms with E-state index in [1.165, 1.54) is 53.1 Å². The fourth-order valence-corrected chi connectivity index (χ4v) is 6.92. The first-order valence-corrected chi connectivity index (χ1v) is 15.4. The van der Waals surface area contributed by atoms with E-state index < -0.39 is 0 Å². The molecule has 0 bridgehead atoms. The first-order valence-electron chi connectivity index (χ1n) is 13.8. The topological polar surface area (TPSA) is 3.24 Å². The SMILES string of the molecule is Brc1cc(N(c2ccc3ccccc3c2)c2cccc3ccccc23)c2sc3ccccc3c2c1.C/C=C\C=C/C. The molecule has 3 heteroatoms. The van der Waals surface area contributed by atoms with E-state index >= 15 is 0 Å². The molecule has 0 amide bonds. The molecule has 0 N–H and O–H groups in total. The van der Waals surface area contributed by atoms with E-state index in [-0.39, 0.29) is 0 Å². The molecule has 41 heavy (non-hydrogen) atoms. The smallest absolute Gasteiger partial charge is 0.0651 e. The first-order chi connectivity index (χ1) is 20.2. The summed E-state index contributed by atoms with van der Waals surface area (Å²) in [7, 11) is 0. The third-order valence-electron chi connectivity index (χ3n) is 7.16. The zero-order valence-electron chi connectivity index (χ0n) is 23.1. The number of halogens is 1. The van der Waals surface area contributed by atoms with Crippen LogP contribution in [0.25, 0.3) is 41.7 Å². The molecule has 0 unspecified atom stereocenters. The molecule has 6 aromatic carbocycles. The van der Waals surface area contributed by atoms with Crippen molar-refractivity contribution in [3.8, 4) is 0 Å². The minimum atomic E-state index is 1.08. The van der Waals surface area contributed by atoms with E-state index in [4.69, 9.17) is 0 Å². The zero-order valence-corrected chi connectivity index (χ0v) is 25.5. The predicted molar refractivity (Wildman–Crippen MR) is 186 cm³/mol. The van der Waals surface area contributed by atoms with Crippen molar-refractivity contribution in [1.29, 1.82) is 0 Å². The molecule has 0 aliphatic rings. The van der Waals surface area contributed by atoms with Gasteiger partial charge in [-0.3, -0.25) is 0 Å². The summed E-state index contributed by atoms with van der Waals surface area (Å²) in [5.74, 6) is 0. The van der Waals surface area contributed by atoms with Crippen molar-refractivity contribution in [3.63, 3.8) is 0 Å². The van der Waals surface area contributed by atoms with Crippen molar-refractivity contribution in [2.24, 2.45) is 0 Å². The molecular weight excluding hydrogens is 582 g/mol. The van der Waals surface area contributed by atoms with Gasteiger partial charge >= 0.3 is 0 Å². The van der Waals surface area contributed by atoms with Crippen LogP contribution in [0.15, 0.2) is 150 Å². The van der Waals surface area contributed by atoms with E-state index in [1.54, 1.807) is 0 Å². The van der Waals surface area contributed by atoms with Crippen LogP contribution < -0.4 is 4.90 Å². The van der Waals surface area contributed by atoms with Crippen molar-refractivity contribution in [2.75, 3.05) is 4.90 Å². The lowest BCUT2D eigenvalue weighted by Crippen LogP contribution is -2.10. The van der Waals surface area contributed by atoms with Crippen LogP contribution in [0.5, 0.6) is 0 Å². The predicted octanol–water partition coefficient (Wildman–Crippen LogP) is 12.7. The maximum Gasteiger partial charge on any atom is 0.0651 e. The van der Waals surface area contributed by atoms with Crippen LogP contribution in [0.2, 0.25) is 0 Å². The summed E-state index contributed by atoms with van der Waals surface area (Å²) in [4.78, 5) is 2.43. The van der Waals surface area contributed by atoms with Crippen LogP contribution in [0.3, 0.4) is 0 Å². The van der Waals surface area contributed by atoms with Crippen molar-refractivity contribution >= 4 is 86.0 Å². The highest BCUT2D eigenvalue weighted by atomic mass is 79.9. The van der Waals surface area contributed by atoms with Crippen LogP contribution in [0.1, 0.15) is 13.8 Å². The average molecular weight is 613 g/mol. The summed E-state index contributed by atoms with van der Waals surface area (Å²) in [5, 5.41) is 7.52. The Morgan fingerprint density at radius 1 is 0.561 bits per heavy atom. The van der Waals surface area contributed by atoms with Crippen LogP contribution >= 0.6 is 27.3 Å². The molecule has 0 atom stereocenters. The quantitative estimate of drug-likeness (QED) is 0.179. The highest BCUT2D eigenvalue weighted by Gasteiger charge is 2.20.